The maximum Gasteiger partial charge on any atom is 0.282 e. The van der Waals surface area contributed by atoms with Crippen molar-refractivity contribution in [2.24, 2.45) is 0 Å². The number of aromatic nitrogens is 6. The van der Waals surface area contributed by atoms with Gasteiger partial charge in [0.15, 0.2) is 5.82 Å². The predicted octanol–water partition coefficient (Wildman–Crippen LogP) is 2.98. The lowest BCUT2D eigenvalue weighted by Crippen LogP contribution is -2.33. The molecule has 0 bridgehead atoms. The van der Waals surface area contributed by atoms with Gasteiger partial charge in [0.05, 0.1) is 29.8 Å². The Hall–Kier alpha value is -4.65. The maximum atomic E-state index is 13.7. The minimum Gasteiger partial charge on any atom is -0.497 e. The molecule has 6 rings (SSSR count). The quantitative estimate of drug-likeness (QED) is 0.445. The van der Waals surface area contributed by atoms with Gasteiger partial charge < -0.3 is 14.6 Å². The van der Waals surface area contributed by atoms with Gasteiger partial charge in [-0.3, -0.25) is 9.36 Å². The summed E-state index contributed by atoms with van der Waals surface area (Å²) in [5, 5.41) is 15.2. The van der Waals surface area contributed by atoms with E-state index in [9.17, 15) is 10.1 Å². The number of hydrogen-bond acceptors (Lipinski definition) is 7. The van der Waals surface area contributed by atoms with E-state index in [1.807, 2.05) is 30.3 Å². The highest BCUT2D eigenvalue weighted by molar-refractivity contribution is 5.93. The third-order valence-corrected chi connectivity index (χ3v) is 6.29. The van der Waals surface area contributed by atoms with Crippen molar-refractivity contribution < 1.29 is 4.74 Å². The lowest BCUT2D eigenvalue weighted by molar-refractivity contribution is 0.414. The van der Waals surface area contributed by atoms with Crippen LogP contribution in [0.3, 0.4) is 0 Å². The van der Waals surface area contributed by atoms with E-state index >= 15 is 0 Å². The zero-order valence-corrected chi connectivity index (χ0v) is 18.3. The number of H-pyrrole nitrogens is 1. The molecule has 1 atom stereocenters. The average Bonchev–Trinajstić information content (AvgIpc) is 3.62. The zero-order valence-electron chi connectivity index (χ0n) is 18.3. The molecule has 5 aromatic rings. The van der Waals surface area contributed by atoms with Crippen LogP contribution >= 0.6 is 0 Å². The molecule has 1 aliphatic rings. The summed E-state index contributed by atoms with van der Waals surface area (Å²) < 4.78 is 8.68. The van der Waals surface area contributed by atoms with E-state index < -0.39 is 0 Å². The Morgan fingerprint density at radius 3 is 3.00 bits per heavy atom. The van der Waals surface area contributed by atoms with Crippen LogP contribution in [0.2, 0.25) is 0 Å². The molecular formula is C24H20N8O2. The van der Waals surface area contributed by atoms with Crippen molar-refractivity contribution in [3.8, 4) is 17.5 Å². The number of ether oxygens (including phenoxy) is 1. The van der Waals surface area contributed by atoms with Crippen LogP contribution in [0.5, 0.6) is 5.75 Å². The van der Waals surface area contributed by atoms with Crippen LogP contribution in [-0.2, 0) is 0 Å². The molecule has 5 heterocycles. The molecule has 1 aromatic carbocycles. The lowest BCUT2D eigenvalue weighted by atomic mass is 10.1. The van der Waals surface area contributed by atoms with Crippen LogP contribution in [0.1, 0.15) is 30.3 Å². The van der Waals surface area contributed by atoms with Crippen LogP contribution in [-0.4, -0.2) is 42.8 Å². The Kier molecular flexibility index (Phi) is 4.55. The van der Waals surface area contributed by atoms with Crippen molar-refractivity contribution >= 4 is 22.4 Å². The molecule has 0 spiro atoms. The van der Waals surface area contributed by atoms with Crippen LogP contribution in [0.25, 0.3) is 22.2 Å². The summed E-state index contributed by atoms with van der Waals surface area (Å²) in [7, 11) is 1.60. The summed E-state index contributed by atoms with van der Waals surface area (Å²) in [6, 6.07) is 12.9. The highest BCUT2D eigenvalue weighted by Crippen LogP contribution is 2.38. The first-order valence-corrected chi connectivity index (χ1v) is 10.9. The number of methoxy groups -OCH3 is 1. The van der Waals surface area contributed by atoms with Crippen molar-refractivity contribution in [3.63, 3.8) is 0 Å². The highest BCUT2D eigenvalue weighted by atomic mass is 16.5. The van der Waals surface area contributed by atoms with Gasteiger partial charge in [-0.25, -0.2) is 14.5 Å². The molecule has 1 aliphatic heterocycles. The molecule has 4 aromatic heterocycles. The third-order valence-electron chi connectivity index (χ3n) is 6.29. The van der Waals surface area contributed by atoms with Crippen LogP contribution in [0.15, 0.2) is 59.9 Å². The average molecular weight is 452 g/mol. The highest BCUT2D eigenvalue weighted by Gasteiger charge is 2.34. The summed E-state index contributed by atoms with van der Waals surface area (Å²) in [4.78, 5) is 27.6. The van der Waals surface area contributed by atoms with E-state index in [0.717, 1.165) is 12.8 Å². The lowest BCUT2D eigenvalue weighted by Gasteiger charge is -2.27. The minimum atomic E-state index is -0.231. The van der Waals surface area contributed by atoms with Crippen molar-refractivity contribution in [1.29, 1.82) is 5.26 Å². The van der Waals surface area contributed by atoms with E-state index in [-0.39, 0.29) is 11.6 Å². The standard InChI is InChI=1S/C24H20N8O2/c1-34-17-6-2-5-16(11-17)32-22(29-31-10-4-8-19(31)24(32)33)18-7-3-9-30(18)23-20-15(12-25)13-26-21(20)27-14-28-23/h2,4-6,8,10-11,13-14,18H,3,7,9H2,1H3,(H,26,27,28)/t18-/m0/s1. The third kappa shape index (κ3) is 2.94. The van der Waals surface area contributed by atoms with E-state index in [1.165, 1.54) is 6.33 Å². The minimum absolute atomic E-state index is 0.165. The van der Waals surface area contributed by atoms with Gasteiger partial charge in [-0.05, 0) is 37.1 Å². The van der Waals surface area contributed by atoms with Gasteiger partial charge in [-0.1, -0.05) is 6.07 Å². The second kappa shape index (κ2) is 7.74. The maximum absolute atomic E-state index is 13.7. The molecule has 1 saturated heterocycles. The SMILES string of the molecule is COc1cccc(-n2c([C@@H]3CCCN3c3ncnc4[nH]cc(C#N)c34)nn3cccc3c2=O)c1. The monoisotopic (exact) mass is 452 g/mol. The molecule has 1 N–H and O–H groups in total. The van der Waals surface area contributed by atoms with Crippen molar-refractivity contribution in [2.75, 3.05) is 18.6 Å². The Morgan fingerprint density at radius 1 is 1.24 bits per heavy atom. The molecule has 0 saturated carbocycles. The molecule has 34 heavy (non-hydrogen) atoms. The number of nitrogens with zero attached hydrogens (tertiary/aromatic N) is 7. The Bertz CT molecular complexity index is 1640. The molecule has 1 fully saturated rings. The fourth-order valence-electron chi connectivity index (χ4n) is 4.76. The summed E-state index contributed by atoms with van der Waals surface area (Å²) in [5.74, 6) is 1.90. The second-order valence-electron chi connectivity index (χ2n) is 8.12. The van der Waals surface area contributed by atoms with Crippen LogP contribution in [0, 0.1) is 11.3 Å². The number of aromatic amines is 1. The van der Waals surface area contributed by atoms with Crippen molar-refractivity contribution in [2.45, 2.75) is 18.9 Å². The van der Waals surface area contributed by atoms with Gasteiger partial charge in [-0.15, -0.1) is 0 Å². The Morgan fingerprint density at radius 2 is 2.15 bits per heavy atom. The van der Waals surface area contributed by atoms with Gasteiger partial charge in [0.1, 0.15) is 35.1 Å². The van der Waals surface area contributed by atoms with Gasteiger partial charge in [0, 0.05) is 25.0 Å². The zero-order chi connectivity index (χ0) is 23.2. The molecule has 0 aliphatic carbocycles. The Balaban J connectivity index is 1.59. The molecule has 10 heteroatoms. The molecule has 0 amide bonds. The molecule has 0 radical (unpaired) electrons. The summed E-state index contributed by atoms with van der Waals surface area (Å²) in [6.07, 6.45) is 6.58. The van der Waals surface area contributed by atoms with Crippen LogP contribution in [0.4, 0.5) is 5.82 Å². The second-order valence-corrected chi connectivity index (χ2v) is 8.12. The number of fused-ring (bicyclic) bond motifs is 2. The van der Waals surface area contributed by atoms with Gasteiger partial charge in [0.2, 0.25) is 0 Å². The topological polar surface area (TPSA) is 117 Å². The first kappa shape index (κ1) is 20.0. The fourth-order valence-corrected chi connectivity index (χ4v) is 4.76. The number of benzene rings is 1. The first-order chi connectivity index (χ1) is 16.7. The van der Waals surface area contributed by atoms with Crippen molar-refractivity contribution in [3.05, 3.63) is 76.9 Å². The van der Waals surface area contributed by atoms with E-state index in [1.54, 1.807) is 34.7 Å². The van der Waals surface area contributed by atoms with E-state index in [4.69, 9.17) is 9.84 Å². The van der Waals surface area contributed by atoms with Gasteiger partial charge >= 0.3 is 0 Å². The van der Waals surface area contributed by atoms with Gasteiger partial charge in [0.25, 0.3) is 5.56 Å². The van der Waals surface area contributed by atoms with E-state index in [0.29, 0.717) is 51.7 Å². The summed E-state index contributed by atoms with van der Waals surface area (Å²) in [5.41, 5.74) is 2.08. The van der Waals surface area contributed by atoms with Gasteiger partial charge in [-0.2, -0.15) is 10.4 Å². The molecule has 168 valence electrons. The number of anilines is 1. The van der Waals surface area contributed by atoms with E-state index in [2.05, 4.69) is 25.9 Å². The summed E-state index contributed by atoms with van der Waals surface area (Å²) >= 11 is 0. The van der Waals surface area contributed by atoms with Crippen LogP contribution < -0.4 is 15.2 Å². The normalized spacial score (nSPS) is 15.8. The predicted molar refractivity (Wildman–Crippen MR) is 125 cm³/mol. The number of nitriles is 1. The Labute approximate surface area is 193 Å². The smallest absolute Gasteiger partial charge is 0.282 e. The number of hydrogen-bond donors (Lipinski definition) is 1. The van der Waals surface area contributed by atoms with Crippen molar-refractivity contribution in [1.82, 2.24) is 29.1 Å². The first-order valence-electron chi connectivity index (χ1n) is 10.9. The largest absolute Gasteiger partial charge is 0.497 e. The molecule has 0 unspecified atom stereocenters. The summed E-state index contributed by atoms with van der Waals surface area (Å²) in [6.45, 7) is 0.713. The molecule has 10 nitrogen and oxygen atoms in total. The fraction of sp³-hybridized carbons (Fsp3) is 0.208. The number of rotatable bonds is 4. The number of nitrogens with one attached hydrogen (secondary N) is 1. The molecular weight excluding hydrogens is 432 g/mol.